The van der Waals surface area contributed by atoms with Gasteiger partial charge in [0.15, 0.2) is 0 Å². The molecule has 1 aliphatic rings. The van der Waals surface area contributed by atoms with Crippen molar-refractivity contribution in [1.29, 1.82) is 0 Å². The molecule has 0 aromatic rings. The van der Waals surface area contributed by atoms with Crippen molar-refractivity contribution in [2.45, 2.75) is 11.7 Å². The van der Waals surface area contributed by atoms with Gasteiger partial charge in [-0.3, -0.25) is 0 Å². The van der Waals surface area contributed by atoms with E-state index in [0.29, 0.717) is 0 Å². The minimum atomic E-state index is -0.0426. The molecule has 12 heavy (non-hydrogen) atoms. The fourth-order valence-corrected chi connectivity index (χ4v) is 3.69. The second-order valence-electron chi connectivity index (χ2n) is 3.11. The Balaban J connectivity index is 2.73. The summed E-state index contributed by atoms with van der Waals surface area (Å²) in [4.78, 5) is 0. The number of nitrogens with zero attached hydrogens (tertiary/aromatic N) is 2. The predicted octanol–water partition coefficient (Wildman–Crippen LogP) is 1.31. The molecule has 3 nitrogen and oxygen atoms in total. The van der Waals surface area contributed by atoms with Gasteiger partial charge >= 0.3 is 0 Å². The number of oxime groups is 1. The van der Waals surface area contributed by atoms with E-state index in [9.17, 15) is 0 Å². The van der Waals surface area contributed by atoms with Gasteiger partial charge in [-0.2, -0.15) is 0 Å². The zero-order valence-electron chi connectivity index (χ0n) is 7.44. The van der Waals surface area contributed by atoms with Gasteiger partial charge in [0, 0.05) is 5.75 Å². The van der Waals surface area contributed by atoms with Crippen molar-refractivity contribution in [2.75, 3.05) is 19.8 Å². The van der Waals surface area contributed by atoms with Gasteiger partial charge in [-0.05, 0) is 30.4 Å². The fourth-order valence-electron chi connectivity index (χ4n) is 0.870. The largest absolute Gasteiger partial charge is 0.411 e. The molecule has 0 radical (unpaired) electrons. The van der Waals surface area contributed by atoms with Crippen LogP contribution in [0.4, 0.5) is 0 Å². The third-order valence-electron chi connectivity index (χ3n) is 1.50. The summed E-state index contributed by atoms with van der Waals surface area (Å²) in [5.74, 6) is 0.968. The first-order valence-electron chi connectivity index (χ1n) is 3.62. The Morgan fingerprint density at radius 2 is 2.33 bits per heavy atom. The second-order valence-corrected chi connectivity index (χ2v) is 5.85. The second kappa shape index (κ2) is 3.70. The molecule has 0 amide bonds. The molecule has 1 N–H and O–H groups in total. The molecule has 1 saturated heterocycles. The van der Waals surface area contributed by atoms with Crippen LogP contribution in [0.2, 0.25) is 0 Å². The molecule has 0 aliphatic carbocycles. The molecular weight excluding hydrogens is 192 g/mol. The van der Waals surface area contributed by atoms with Crippen molar-refractivity contribution in [3.8, 4) is 0 Å². The Labute approximate surface area is 80.9 Å². The summed E-state index contributed by atoms with van der Waals surface area (Å²) in [7, 11) is 4.05. The van der Waals surface area contributed by atoms with Gasteiger partial charge in [0.25, 0.3) is 4.38 Å². The summed E-state index contributed by atoms with van der Waals surface area (Å²) < 4.78 is 3.32. The molecule has 0 aromatic heterocycles. The maximum Gasteiger partial charge on any atom is 0.270 e. The van der Waals surface area contributed by atoms with E-state index < -0.39 is 0 Å². The van der Waals surface area contributed by atoms with E-state index in [-0.39, 0.29) is 4.75 Å². The van der Waals surface area contributed by atoms with Crippen LogP contribution < -0.4 is 0 Å². The lowest BCUT2D eigenvalue weighted by atomic mass is 10.2. The summed E-state index contributed by atoms with van der Waals surface area (Å²) >= 11 is 3.54. The predicted molar refractivity (Wildman–Crippen MR) is 55.8 cm³/mol. The van der Waals surface area contributed by atoms with Gasteiger partial charge < -0.3 is 5.21 Å². The van der Waals surface area contributed by atoms with E-state index in [1.807, 2.05) is 14.1 Å². The molecule has 0 unspecified atom stereocenters. The Hall–Kier alpha value is -0.160. The molecule has 1 atom stereocenters. The van der Waals surface area contributed by atoms with Crippen molar-refractivity contribution in [3.63, 3.8) is 0 Å². The Bertz CT molecular complexity index is 236. The lowest BCUT2D eigenvalue weighted by Crippen LogP contribution is -2.21. The molecule has 0 bridgehead atoms. The Kier molecular flexibility index (Phi) is 3.06. The molecule has 1 aliphatic heterocycles. The van der Waals surface area contributed by atoms with Crippen LogP contribution in [0.15, 0.2) is 5.16 Å². The molecule has 0 spiro atoms. The molecule has 1 heterocycles. The molecule has 1 fully saturated rings. The smallest absolute Gasteiger partial charge is 0.270 e. The molecule has 5 heteroatoms. The van der Waals surface area contributed by atoms with Crippen LogP contribution in [0.25, 0.3) is 0 Å². The number of rotatable bonds is 1. The van der Waals surface area contributed by atoms with Crippen LogP contribution in [0.3, 0.4) is 0 Å². The van der Waals surface area contributed by atoms with Crippen LogP contribution in [-0.4, -0.2) is 45.0 Å². The summed E-state index contributed by atoms with van der Waals surface area (Å²) in [6.07, 6.45) is 1.60. The third kappa shape index (κ3) is 2.17. The van der Waals surface area contributed by atoms with Crippen molar-refractivity contribution in [2.24, 2.45) is 5.16 Å². The van der Waals surface area contributed by atoms with Gasteiger partial charge in [-0.1, -0.05) is 0 Å². The van der Waals surface area contributed by atoms with Gasteiger partial charge in [-0.15, -0.1) is 5.16 Å². The zero-order valence-corrected chi connectivity index (χ0v) is 9.08. The summed E-state index contributed by atoms with van der Waals surface area (Å²) in [5.41, 5.74) is 0. The first-order valence-corrected chi connectivity index (χ1v) is 5.42. The van der Waals surface area contributed by atoms with Crippen molar-refractivity contribution >= 4 is 34.1 Å². The Morgan fingerprint density at radius 3 is 2.75 bits per heavy atom. The highest BCUT2D eigenvalue weighted by Gasteiger charge is 2.37. The topological polar surface area (TPSA) is 35.6 Å². The highest BCUT2D eigenvalue weighted by molar-refractivity contribution is 8.42. The van der Waals surface area contributed by atoms with Gasteiger partial charge in [-0.25, -0.2) is 4.58 Å². The van der Waals surface area contributed by atoms with Crippen molar-refractivity contribution in [1.82, 2.24) is 0 Å². The molecular formula is C7H13N2OS2+. The van der Waals surface area contributed by atoms with E-state index in [0.717, 1.165) is 5.75 Å². The van der Waals surface area contributed by atoms with E-state index >= 15 is 0 Å². The summed E-state index contributed by atoms with van der Waals surface area (Å²) in [5, 5.41) is 11.5. The van der Waals surface area contributed by atoms with Crippen LogP contribution in [0, 0.1) is 0 Å². The minimum absolute atomic E-state index is 0.0426. The highest BCUT2D eigenvalue weighted by atomic mass is 32.2. The van der Waals surface area contributed by atoms with Gasteiger partial charge in [0.2, 0.25) is 0 Å². The van der Waals surface area contributed by atoms with Crippen LogP contribution in [0.1, 0.15) is 6.92 Å². The lowest BCUT2D eigenvalue weighted by molar-refractivity contribution is -0.458. The Morgan fingerprint density at radius 1 is 1.67 bits per heavy atom. The van der Waals surface area contributed by atoms with E-state index in [2.05, 4.69) is 16.7 Å². The van der Waals surface area contributed by atoms with Crippen molar-refractivity contribution in [3.05, 3.63) is 0 Å². The first-order chi connectivity index (χ1) is 5.57. The van der Waals surface area contributed by atoms with Gasteiger partial charge in [0.05, 0.1) is 11.0 Å². The molecule has 0 aromatic carbocycles. The van der Waals surface area contributed by atoms with Crippen LogP contribution in [-0.2, 0) is 0 Å². The summed E-state index contributed by atoms with van der Waals surface area (Å²) in [6, 6.07) is 0. The molecule has 1 rings (SSSR count). The average Bonchev–Trinajstić information content (AvgIpc) is 2.33. The highest BCUT2D eigenvalue weighted by Crippen LogP contribution is 2.40. The maximum absolute atomic E-state index is 8.44. The third-order valence-corrected chi connectivity index (χ3v) is 4.90. The quantitative estimate of drug-likeness (QED) is 0.303. The lowest BCUT2D eigenvalue weighted by Gasteiger charge is -2.10. The van der Waals surface area contributed by atoms with Crippen LogP contribution in [0.5, 0.6) is 0 Å². The van der Waals surface area contributed by atoms with Crippen LogP contribution >= 0.6 is 23.5 Å². The van der Waals surface area contributed by atoms with Crippen molar-refractivity contribution < 1.29 is 9.78 Å². The number of thioether (sulfide) groups is 2. The monoisotopic (exact) mass is 205 g/mol. The first kappa shape index (κ1) is 9.92. The standard InChI is InChI=1S/C7H12N2OS2/c1-7(4-8-10)5-11-6(12-7)9(2)3/h4H,5H2,1-3H3/p+1/t7-/m1/s1. The average molecular weight is 205 g/mol. The van der Waals surface area contributed by atoms with E-state index in [4.69, 9.17) is 5.21 Å². The SMILES string of the molecule is C[N+](C)=C1SC[C@@](C)(C=NO)S1. The zero-order chi connectivity index (χ0) is 9.19. The number of hydrogen-bond donors (Lipinski definition) is 1. The van der Waals surface area contributed by atoms with E-state index in [1.165, 1.54) is 4.38 Å². The summed E-state index contributed by atoms with van der Waals surface area (Å²) in [6.45, 7) is 2.07. The maximum atomic E-state index is 8.44. The molecule has 0 saturated carbocycles. The number of hydrogen-bond acceptors (Lipinski definition) is 4. The minimum Gasteiger partial charge on any atom is -0.411 e. The van der Waals surface area contributed by atoms with E-state index in [1.54, 1.807) is 29.7 Å². The van der Waals surface area contributed by atoms with Gasteiger partial charge in [0.1, 0.15) is 14.1 Å². The molecule has 68 valence electrons. The normalized spacial score (nSPS) is 30.1. The fraction of sp³-hybridized carbons (Fsp3) is 0.714.